The predicted molar refractivity (Wildman–Crippen MR) is 135 cm³/mol. The number of hydrogen-bond acceptors (Lipinski definition) is 6. The molecule has 2 aromatic carbocycles. The first-order valence-corrected chi connectivity index (χ1v) is 11.7. The lowest BCUT2D eigenvalue weighted by molar-refractivity contribution is -0.142. The van der Waals surface area contributed by atoms with E-state index < -0.39 is 35.8 Å². The van der Waals surface area contributed by atoms with Gasteiger partial charge in [-0.1, -0.05) is 50.2 Å². The molecule has 2 rings (SSSR count). The van der Waals surface area contributed by atoms with E-state index in [4.69, 9.17) is 10.5 Å². The molecule has 0 radical (unpaired) electrons. The van der Waals surface area contributed by atoms with Crippen LogP contribution >= 0.6 is 0 Å². The van der Waals surface area contributed by atoms with Gasteiger partial charge in [0.25, 0.3) is 0 Å². The first-order chi connectivity index (χ1) is 17.1. The number of rotatable bonds is 13. The molecular weight excluding hydrogens is 464 g/mol. The van der Waals surface area contributed by atoms with Gasteiger partial charge in [-0.2, -0.15) is 0 Å². The lowest BCUT2D eigenvalue weighted by atomic mass is 9.99. The number of carbonyl (C=O) groups excluding carboxylic acids is 3. The van der Waals surface area contributed by atoms with Crippen molar-refractivity contribution in [2.45, 2.75) is 38.8 Å². The van der Waals surface area contributed by atoms with Crippen molar-refractivity contribution in [3.8, 4) is 16.9 Å². The summed E-state index contributed by atoms with van der Waals surface area (Å²) in [6.07, 6.45) is 0.365. The lowest BCUT2D eigenvalue weighted by Crippen LogP contribution is -2.54. The van der Waals surface area contributed by atoms with Gasteiger partial charge in [0.2, 0.25) is 17.7 Å². The van der Waals surface area contributed by atoms with Gasteiger partial charge in [0.15, 0.2) is 0 Å². The minimum Gasteiger partial charge on any atom is -0.497 e. The minimum absolute atomic E-state index is 0.0383. The molecule has 0 bridgehead atoms. The van der Waals surface area contributed by atoms with Gasteiger partial charge in [0, 0.05) is 6.42 Å². The molecule has 0 aliphatic carbocycles. The molecule has 0 saturated carbocycles. The van der Waals surface area contributed by atoms with Crippen LogP contribution in [0.25, 0.3) is 11.1 Å². The number of carboxylic acid groups (broad SMARTS) is 1. The fraction of sp³-hybridized carbons (Fsp3) is 0.385. The normalized spacial score (nSPS) is 12.4. The number of methoxy groups -OCH3 is 1. The summed E-state index contributed by atoms with van der Waals surface area (Å²) in [7, 11) is 1.60. The van der Waals surface area contributed by atoms with E-state index in [1.165, 1.54) is 0 Å². The number of aliphatic carboxylic acids is 1. The van der Waals surface area contributed by atoms with Crippen LogP contribution in [0.3, 0.4) is 0 Å². The summed E-state index contributed by atoms with van der Waals surface area (Å²) in [6.45, 7) is 3.08. The second kappa shape index (κ2) is 13.8. The van der Waals surface area contributed by atoms with Crippen LogP contribution in [0.2, 0.25) is 0 Å². The highest BCUT2D eigenvalue weighted by molar-refractivity contribution is 5.92. The molecule has 0 fully saturated rings. The van der Waals surface area contributed by atoms with Crippen molar-refractivity contribution in [1.82, 2.24) is 16.0 Å². The first-order valence-electron chi connectivity index (χ1n) is 11.7. The minimum atomic E-state index is -1.15. The molecule has 0 aromatic heterocycles. The van der Waals surface area contributed by atoms with E-state index in [2.05, 4.69) is 16.0 Å². The van der Waals surface area contributed by atoms with Crippen molar-refractivity contribution in [2.24, 2.45) is 11.7 Å². The Hall–Kier alpha value is -3.92. The summed E-state index contributed by atoms with van der Waals surface area (Å²) in [5, 5.41) is 17.0. The average Bonchev–Trinajstić information content (AvgIpc) is 2.86. The molecule has 194 valence electrons. The van der Waals surface area contributed by atoms with Gasteiger partial charge in [-0.3, -0.25) is 14.4 Å². The van der Waals surface area contributed by atoms with Crippen molar-refractivity contribution < 1.29 is 29.0 Å². The number of benzene rings is 2. The fourth-order valence-electron chi connectivity index (χ4n) is 3.52. The molecule has 10 heteroatoms. The zero-order valence-electron chi connectivity index (χ0n) is 20.7. The third-order valence-corrected chi connectivity index (χ3v) is 5.42. The Morgan fingerprint density at radius 1 is 0.889 bits per heavy atom. The second-order valence-electron chi connectivity index (χ2n) is 8.76. The van der Waals surface area contributed by atoms with Crippen molar-refractivity contribution in [3.63, 3.8) is 0 Å². The zero-order valence-corrected chi connectivity index (χ0v) is 20.7. The van der Waals surface area contributed by atoms with E-state index in [0.717, 1.165) is 22.4 Å². The molecular formula is C26H34N4O6. The number of carboxylic acids is 1. The number of nitrogens with one attached hydrogen (secondary N) is 3. The Morgan fingerprint density at radius 2 is 1.47 bits per heavy atom. The summed E-state index contributed by atoms with van der Waals surface area (Å²) in [5.74, 6) is -2.09. The van der Waals surface area contributed by atoms with Gasteiger partial charge >= 0.3 is 5.97 Å². The van der Waals surface area contributed by atoms with Crippen LogP contribution in [-0.2, 0) is 25.6 Å². The Bertz CT molecular complexity index is 1040. The van der Waals surface area contributed by atoms with Crippen LogP contribution in [0.5, 0.6) is 5.75 Å². The lowest BCUT2D eigenvalue weighted by Gasteiger charge is -2.22. The van der Waals surface area contributed by atoms with Gasteiger partial charge < -0.3 is 31.5 Å². The highest BCUT2D eigenvalue weighted by Gasteiger charge is 2.27. The van der Waals surface area contributed by atoms with Crippen molar-refractivity contribution in [3.05, 3.63) is 54.1 Å². The van der Waals surface area contributed by atoms with Crippen molar-refractivity contribution in [2.75, 3.05) is 20.2 Å². The first kappa shape index (κ1) is 28.3. The van der Waals surface area contributed by atoms with Crippen molar-refractivity contribution >= 4 is 23.7 Å². The molecule has 2 atom stereocenters. The standard InChI is InChI=1S/C26H34N4O6/c1-16(2)12-22(26(34)35)30-25(33)21(29-24(32)15-28-23(31)14-27)13-17-4-6-18(7-5-17)19-8-10-20(36-3)11-9-19/h4-11,16,21-22H,12-15,27H2,1-3H3,(H,28,31)(H,29,32)(H,30,33)(H,34,35)/t21-,22-/m0/s1. The van der Waals surface area contributed by atoms with E-state index >= 15 is 0 Å². The number of carbonyl (C=O) groups is 4. The maximum atomic E-state index is 13.0. The maximum absolute atomic E-state index is 13.0. The second-order valence-corrected chi connectivity index (χ2v) is 8.76. The smallest absolute Gasteiger partial charge is 0.326 e. The highest BCUT2D eigenvalue weighted by atomic mass is 16.5. The molecule has 3 amide bonds. The SMILES string of the molecule is COc1ccc(-c2ccc(C[C@H](NC(=O)CNC(=O)CN)C(=O)N[C@@H](CC(C)C)C(=O)O)cc2)cc1. The predicted octanol–water partition coefficient (Wildman–Crippen LogP) is 1.08. The highest BCUT2D eigenvalue weighted by Crippen LogP contribution is 2.23. The van der Waals surface area contributed by atoms with E-state index in [1.54, 1.807) is 7.11 Å². The summed E-state index contributed by atoms with van der Waals surface area (Å²) in [4.78, 5) is 48.4. The third-order valence-electron chi connectivity index (χ3n) is 5.42. The van der Waals surface area contributed by atoms with Gasteiger partial charge in [0.1, 0.15) is 17.8 Å². The molecule has 2 aromatic rings. The largest absolute Gasteiger partial charge is 0.497 e. The Kier molecular flexibility index (Phi) is 10.9. The monoisotopic (exact) mass is 498 g/mol. The van der Waals surface area contributed by atoms with Gasteiger partial charge in [-0.25, -0.2) is 4.79 Å². The van der Waals surface area contributed by atoms with Gasteiger partial charge in [0.05, 0.1) is 20.2 Å². The Labute approximate surface area is 210 Å². The summed E-state index contributed by atoms with van der Waals surface area (Å²) in [6, 6.07) is 12.9. The summed E-state index contributed by atoms with van der Waals surface area (Å²) in [5.41, 5.74) is 7.93. The zero-order chi connectivity index (χ0) is 26.7. The number of amides is 3. The molecule has 0 aliphatic heterocycles. The molecule has 0 unspecified atom stereocenters. The molecule has 6 N–H and O–H groups in total. The summed E-state index contributed by atoms with van der Waals surface area (Å²) < 4.78 is 5.18. The fourth-order valence-corrected chi connectivity index (χ4v) is 3.52. The molecule has 0 heterocycles. The van der Waals surface area contributed by atoms with E-state index in [-0.39, 0.29) is 31.8 Å². The van der Waals surface area contributed by atoms with Crippen LogP contribution in [-0.4, -0.2) is 61.1 Å². The van der Waals surface area contributed by atoms with Gasteiger partial charge in [-0.15, -0.1) is 0 Å². The Morgan fingerprint density at radius 3 is 1.97 bits per heavy atom. The third kappa shape index (κ3) is 9.03. The van der Waals surface area contributed by atoms with Crippen LogP contribution in [0.1, 0.15) is 25.8 Å². The van der Waals surface area contributed by atoms with E-state index in [0.29, 0.717) is 0 Å². The number of hydrogen-bond donors (Lipinski definition) is 5. The number of ether oxygens (including phenoxy) is 1. The van der Waals surface area contributed by atoms with E-state index in [9.17, 15) is 24.3 Å². The Balaban J connectivity index is 2.18. The molecule has 0 spiro atoms. The summed E-state index contributed by atoms with van der Waals surface area (Å²) >= 11 is 0. The number of nitrogens with two attached hydrogens (primary N) is 1. The van der Waals surface area contributed by atoms with Crippen molar-refractivity contribution in [1.29, 1.82) is 0 Å². The van der Waals surface area contributed by atoms with E-state index in [1.807, 2.05) is 62.4 Å². The van der Waals surface area contributed by atoms with Crippen LogP contribution < -0.4 is 26.4 Å². The maximum Gasteiger partial charge on any atom is 0.326 e. The van der Waals surface area contributed by atoms with Crippen LogP contribution in [0.15, 0.2) is 48.5 Å². The molecule has 0 saturated heterocycles. The van der Waals surface area contributed by atoms with Gasteiger partial charge in [-0.05, 0) is 41.2 Å². The molecule has 0 aliphatic rings. The van der Waals surface area contributed by atoms with Crippen LogP contribution in [0.4, 0.5) is 0 Å². The average molecular weight is 499 g/mol. The molecule has 10 nitrogen and oxygen atoms in total. The quantitative estimate of drug-likeness (QED) is 0.276. The topological polar surface area (TPSA) is 160 Å². The molecule has 36 heavy (non-hydrogen) atoms. The van der Waals surface area contributed by atoms with Crippen LogP contribution in [0, 0.1) is 5.92 Å².